The molecule has 10 heteroatoms. The number of alkyl halides is 3. The van der Waals surface area contributed by atoms with E-state index in [1.807, 2.05) is 18.2 Å². The quantitative estimate of drug-likeness (QED) is 0.293. The summed E-state index contributed by atoms with van der Waals surface area (Å²) < 4.78 is 73.1. The molecular weight excluding hydrogens is 565 g/mol. The van der Waals surface area contributed by atoms with Crippen LogP contribution >= 0.6 is 0 Å². The summed E-state index contributed by atoms with van der Waals surface area (Å²) in [6.07, 6.45) is -4.28. The van der Waals surface area contributed by atoms with Gasteiger partial charge in [-0.15, -0.1) is 0 Å². The van der Waals surface area contributed by atoms with Crippen molar-refractivity contribution < 1.29 is 31.1 Å². The molecule has 4 rings (SSSR count). The van der Waals surface area contributed by atoms with Crippen molar-refractivity contribution in [3.63, 3.8) is 0 Å². The number of amides is 1. The minimum absolute atomic E-state index is 0.0455. The summed E-state index contributed by atoms with van der Waals surface area (Å²) in [6, 6.07) is 17.3. The molecule has 0 saturated carbocycles. The van der Waals surface area contributed by atoms with Gasteiger partial charge in [-0.2, -0.15) is 13.2 Å². The van der Waals surface area contributed by atoms with Gasteiger partial charge in [0.05, 0.1) is 28.9 Å². The van der Waals surface area contributed by atoms with Crippen LogP contribution in [0.15, 0.2) is 71.6 Å². The van der Waals surface area contributed by atoms with E-state index in [1.54, 1.807) is 30.3 Å². The van der Waals surface area contributed by atoms with Gasteiger partial charge in [0.25, 0.3) is 0 Å². The lowest BCUT2D eigenvalue weighted by Crippen LogP contribution is -2.35. The second kappa shape index (κ2) is 12.5. The molecule has 0 aliphatic carbocycles. The summed E-state index contributed by atoms with van der Waals surface area (Å²) in [5.41, 5.74) is 1.41. The first kappa shape index (κ1) is 31.6. The zero-order chi connectivity index (χ0) is 30.7. The van der Waals surface area contributed by atoms with Crippen LogP contribution in [0.5, 0.6) is 5.75 Å². The second-order valence-corrected chi connectivity index (χ2v) is 13.8. The van der Waals surface area contributed by atoms with Gasteiger partial charge in [-0.3, -0.25) is 4.79 Å². The van der Waals surface area contributed by atoms with Crippen molar-refractivity contribution in [2.45, 2.75) is 75.7 Å². The number of carbonyl (C=O) groups is 1. The standard InChI is InChI=1S/C32H37F3N2O4S/c1-21-10-12-25(18-27(21)32(33,34)35)42(39,40)20-24(23-8-6-5-7-9-23)17-30(38)37-28-14-15-41-29-16-22(11-13-26(28)29)19-36-31(2,3)4/h5-13,16,18,24,28,36H,14-15,17,19-20H2,1-4H3,(H,37,38)/t24-,28+/m0/s1. The third kappa shape index (κ3) is 8.13. The van der Waals surface area contributed by atoms with Gasteiger partial charge in [0.15, 0.2) is 9.84 Å². The molecule has 0 radical (unpaired) electrons. The molecule has 0 spiro atoms. The minimum atomic E-state index is -4.68. The number of aryl methyl sites for hydroxylation is 1. The number of fused-ring (bicyclic) bond motifs is 1. The number of nitrogens with one attached hydrogen (secondary N) is 2. The number of halogens is 3. The Bertz CT molecular complexity index is 1520. The van der Waals surface area contributed by atoms with Gasteiger partial charge < -0.3 is 15.4 Å². The lowest BCUT2D eigenvalue weighted by molar-refractivity contribution is -0.138. The number of ether oxygens (including phenoxy) is 1. The largest absolute Gasteiger partial charge is 0.493 e. The van der Waals surface area contributed by atoms with Crippen LogP contribution in [0.1, 0.15) is 73.4 Å². The van der Waals surface area contributed by atoms with Crippen molar-refractivity contribution in [3.05, 3.63) is 94.5 Å². The number of benzene rings is 3. The first-order valence-electron chi connectivity index (χ1n) is 13.9. The van der Waals surface area contributed by atoms with Gasteiger partial charge in [-0.25, -0.2) is 8.42 Å². The second-order valence-electron chi connectivity index (χ2n) is 11.8. The van der Waals surface area contributed by atoms with Gasteiger partial charge in [-0.1, -0.05) is 48.5 Å². The Hall–Kier alpha value is -3.37. The molecule has 0 bridgehead atoms. The molecule has 0 unspecified atom stereocenters. The number of sulfone groups is 1. The highest BCUT2D eigenvalue weighted by Crippen LogP contribution is 2.36. The van der Waals surface area contributed by atoms with Crippen LogP contribution in [-0.4, -0.2) is 32.2 Å². The number of hydrogen-bond donors (Lipinski definition) is 2. The molecule has 1 heterocycles. The van der Waals surface area contributed by atoms with Crippen molar-refractivity contribution in [2.24, 2.45) is 0 Å². The van der Waals surface area contributed by atoms with Gasteiger partial charge >= 0.3 is 6.18 Å². The van der Waals surface area contributed by atoms with Crippen molar-refractivity contribution in [1.29, 1.82) is 0 Å². The number of hydrogen-bond acceptors (Lipinski definition) is 5. The van der Waals surface area contributed by atoms with Gasteiger partial charge in [0, 0.05) is 36.4 Å². The van der Waals surface area contributed by atoms with Crippen LogP contribution in [0.4, 0.5) is 13.2 Å². The van der Waals surface area contributed by atoms with Crippen LogP contribution in [0.3, 0.4) is 0 Å². The predicted molar refractivity (Wildman–Crippen MR) is 156 cm³/mol. The highest BCUT2D eigenvalue weighted by Gasteiger charge is 2.34. The highest BCUT2D eigenvalue weighted by atomic mass is 32.2. The summed E-state index contributed by atoms with van der Waals surface area (Å²) in [4.78, 5) is 12.9. The molecule has 1 amide bonds. The molecule has 2 atom stereocenters. The summed E-state index contributed by atoms with van der Waals surface area (Å²) >= 11 is 0. The Labute approximate surface area is 245 Å². The summed E-state index contributed by atoms with van der Waals surface area (Å²) in [7, 11) is -4.16. The van der Waals surface area contributed by atoms with Gasteiger partial charge in [0.1, 0.15) is 5.75 Å². The van der Waals surface area contributed by atoms with Crippen LogP contribution in [0, 0.1) is 6.92 Å². The van der Waals surface area contributed by atoms with Gasteiger partial charge in [-0.05, 0) is 62.6 Å². The van der Waals surface area contributed by atoms with E-state index in [0.717, 1.165) is 17.2 Å². The maximum absolute atomic E-state index is 13.5. The van der Waals surface area contributed by atoms with E-state index in [-0.39, 0.29) is 29.5 Å². The van der Waals surface area contributed by atoms with Crippen LogP contribution < -0.4 is 15.4 Å². The fourth-order valence-corrected chi connectivity index (χ4v) is 6.60. The van der Waals surface area contributed by atoms with Crippen molar-refractivity contribution in [2.75, 3.05) is 12.4 Å². The highest BCUT2D eigenvalue weighted by molar-refractivity contribution is 7.91. The molecule has 1 aliphatic heterocycles. The zero-order valence-corrected chi connectivity index (χ0v) is 25.0. The van der Waals surface area contributed by atoms with Gasteiger partial charge in [0.2, 0.25) is 5.91 Å². The van der Waals surface area contributed by atoms with Crippen molar-refractivity contribution in [1.82, 2.24) is 10.6 Å². The topological polar surface area (TPSA) is 84.5 Å². The predicted octanol–water partition coefficient (Wildman–Crippen LogP) is 6.49. The molecule has 1 aliphatic rings. The van der Waals surface area contributed by atoms with E-state index in [0.29, 0.717) is 37.0 Å². The lowest BCUT2D eigenvalue weighted by Gasteiger charge is -2.28. The molecule has 0 fully saturated rings. The van der Waals surface area contributed by atoms with Crippen LogP contribution in [0.2, 0.25) is 0 Å². The molecule has 3 aromatic carbocycles. The molecule has 42 heavy (non-hydrogen) atoms. The summed E-state index contributed by atoms with van der Waals surface area (Å²) in [6.45, 7) is 8.62. The molecule has 226 valence electrons. The van der Waals surface area contributed by atoms with E-state index in [2.05, 4.69) is 31.4 Å². The van der Waals surface area contributed by atoms with E-state index >= 15 is 0 Å². The Balaban J connectivity index is 1.52. The van der Waals surface area contributed by atoms with Crippen LogP contribution in [0.25, 0.3) is 0 Å². The molecule has 3 aromatic rings. The third-order valence-electron chi connectivity index (χ3n) is 7.27. The minimum Gasteiger partial charge on any atom is -0.493 e. The Morgan fingerprint density at radius 1 is 1.02 bits per heavy atom. The summed E-state index contributed by atoms with van der Waals surface area (Å²) in [5, 5.41) is 6.47. The molecule has 0 saturated heterocycles. The Morgan fingerprint density at radius 2 is 1.74 bits per heavy atom. The smallest absolute Gasteiger partial charge is 0.416 e. The Kier molecular flexibility index (Phi) is 9.37. The van der Waals surface area contributed by atoms with Crippen LogP contribution in [-0.2, 0) is 27.4 Å². The van der Waals surface area contributed by atoms with E-state index in [1.165, 1.54) is 13.0 Å². The fraction of sp³-hybridized carbons (Fsp3) is 0.406. The maximum Gasteiger partial charge on any atom is 0.416 e. The first-order valence-corrected chi connectivity index (χ1v) is 15.5. The van der Waals surface area contributed by atoms with Crippen molar-refractivity contribution >= 4 is 15.7 Å². The lowest BCUT2D eigenvalue weighted by atomic mass is 9.95. The van der Waals surface area contributed by atoms with E-state index in [9.17, 15) is 26.4 Å². The zero-order valence-electron chi connectivity index (χ0n) is 24.2. The average molecular weight is 603 g/mol. The maximum atomic E-state index is 13.5. The SMILES string of the molecule is Cc1ccc(S(=O)(=O)C[C@H](CC(=O)N[C@@H]2CCOc3cc(CNC(C)(C)C)ccc32)c2ccccc2)cc1C(F)(F)F. The molecular formula is C32H37F3N2O4S. The summed E-state index contributed by atoms with van der Waals surface area (Å²) in [5.74, 6) is -0.937. The third-order valence-corrected chi connectivity index (χ3v) is 9.09. The Morgan fingerprint density at radius 3 is 2.40 bits per heavy atom. The molecule has 6 nitrogen and oxygen atoms in total. The average Bonchev–Trinajstić information content (AvgIpc) is 2.91. The monoisotopic (exact) mass is 602 g/mol. The van der Waals surface area contributed by atoms with E-state index in [4.69, 9.17) is 4.74 Å². The fourth-order valence-electron chi connectivity index (χ4n) is 5.00. The normalized spacial score (nSPS) is 16.3. The van der Waals surface area contributed by atoms with Crippen molar-refractivity contribution in [3.8, 4) is 5.75 Å². The number of carbonyl (C=O) groups excluding carboxylic acids is 1. The molecule has 2 N–H and O–H groups in total. The first-order chi connectivity index (χ1) is 19.6. The number of rotatable bonds is 9. The van der Waals surface area contributed by atoms with E-state index < -0.39 is 38.1 Å². The molecule has 0 aromatic heterocycles.